The van der Waals surface area contributed by atoms with Crippen LogP contribution < -0.4 is 10.6 Å². The van der Waals surface area contributed by atoms with Crippen LogP contribution in [-0.2, 0) is 4.84 Å². The van der Waals surface area contributed by atoms with Crippen LogP contribution in [0, 0.1) is 0 Å². The molecule has 1 aliphatic heterocycles. The first kappa shape index (κ1) is 17.0. The lowest BCUT2D eigenvalue weighted by Gasteiger charge is -2.27. The quantitative estimate of drug-likeness (QED) is 0.380. The van der Waals surface area contributed by atoms with Gasteiger partial charge >= 0.3 is 0 Å². The van der Waals surface area contributed by atoms with Gasteiger partial charge in [-0.3, -0.25) is 0 Å². The Balaban J connectivity index is 1.55. The van der Waals surface area contributed by atoms with E-state index in [1.807, 2.05) is 54.6 Å². The Morgan fingerprint density at radius 1 is 1.16 bits per heavy atom. The second-order valence-corrected chi connectivity index (χ2v) is 6.04. The Morgan fingerprint density at radius 2 is 1.96 bits per heavy atom. The number of nitrogens with zero attached hydrogens (tertiary/aromatic N) is 3. The second kappa shape index (κ2) is 8.87. The normalized spacial score (nSPS) is 15.5. The first-order valence-electron chi connectivity index (χ1n) is 8.71. The van der Waals surface area contributed by atoms with Gasteiger partial charge in [-0.1, -0.05) is 41.6 Å². The van der Waals surface area contributed by atoms with Gasteiger partial charge < -0.3 is 15.5 Å². The van der Waals surface area contributed by atoms with Crippen LogP contribution in [0.4, 0.5) is 5.82 Å². The fraction of sp³-hybridized carbons (Fsp3) is 0.300. The largest absolute Gasteiger partial charge is 0.390 e. The van der Waals surface area contributed by atoms with Crippen LogP contribution in [0.1, 0.15) is 30.4 Å². The molecule has 2 heterocycles. The van der Waals surface area contributed by atoms with Crippen molar-refractivity contribution in [3.05, 3.63) is 65.9 Å². The number of hydrogen-bond acceptors (Lipinski definition) is 4. The molecule has 0 saturated carbocycles. The van der Waals surface area contributed by atoms with Gasteiger partial charge in [-0.2, -0.15) is 0 Å². The number of oxime groups is 1. The van der Waals surface area contributed by atoms with Crippen molar-refractivity contribution in [2.45, 2.75) is 19.3 Å². The number of pyridine rings is 1. The molecule has 5 heteroatoms. The van der Waals surface area contributed by atoms with Gasteiger partial charge in [-0.25, -0.2) is 4.98 Å². The molecule has 1 saturated heterocycles. The third kappa shape index (κ3) is 5.08. The standard InChI is InChI=1S/C20H24N4O/c21-20(23-25-15-7-10-17-8-3-1-4-9-17)18-11-12-22-19(16-18)24-13-5-2-6-14-24/h1,3-4,7-12,16H,2,5-6,13-15H2,(H2,21,23). The van der Waals surface area contributed by atoms with Gasteiger partial charge in [0.1, 0.15) is 12.4 Å². The maximum atomic E-state index is 6.04. The average molecular weight is 336 g/mol. The molecule has 2 N–H and O–H groups in total. The van der Waals surface area contributed by atoms with Crippen molar-refractivity contribution in [2.75, 3.05) is 24.6 Å². The summed E-state index contributed by atoms with van der Waals surface area (Å²) < 4.78 is 0. The second-order valence-electron chi connectivity index (χ2n) is 6.04. The highest BCUT2D eigenvalue weighted by Gasteiger charge is 2.13. The molecule has 130 valence electrons. The third-order valence-corrected chi connectivity index (χ3v) is 4.16. The number of rotatable bonds is 6. The molecular formula is C20H24N4O. The highest BCUT2D eigenvalue weighted by molar-refractivity contribution is 5.97. The number of nitrogens with two attached hydrogens (primary N) is 1. The molecule has 0 amide bonds. The fourth-order valence-corrected chi connectivity index (χ4v) is 2.82. The highest BCUT2D eigenvalue weighted by atomic mass is 16.6. The van der Waals surface area contributed by atoms with E-state index in [1.165, 1.54) is 19.3 Å². The van der Waals surface area contributed by atoms with Crippen LogP contribution in [0.15, 0.2) is 59.9 Å². The molecule has 1 aliphatic rings. The molecule has 0 atom stereocenters. The van der Waals surface area contributed by atoms with Crippen molar-refractivity contribution in [2.24, 2.45) is 10.9 Å². The lowest BCUT2D eigenvalue weighted by Crippen LogP contribution is -2.30. The Kier molecular flexibility index (Phi) is 6.04. The van der Waals surface area contributed by atoms with Crippen LogP contribution in [-0.4, -0.2) is 30.5 Å². The van der Waals surface area contributed by atoms with E-state index >= 15 is 0 Å². The van der Waals surface area contributed by atoms with Gasteiger partial charge in [-0.15, -0.1) is 0 Å². The summed E-state index contributed by atoms with van der Waals surface area (Å²) in [4.78, 5) is 12.0. The number of anilines is 1. The van der Waals surface area contributed by atoms with Crippen LogP contribution in [0.25, 0.3) is 6.08 Å². The zero-order valence-electron chi connectivity index (χ0n) is 14.3. The molecule has 0 aliphatic carbocycles. The predicted molar refractivity (Wildman–Crippen MR) is 102 cm³/mol. The molecule has 25 heavy (non-hydrogen) atoms. The molecule has 3 rings (SSSR count). The molecule has 2 aromatic rings. The summed E-state index contributed by atoms with van der Waals surface area (Å²) in [6.45, 7) is 2.47. The van der Waals surface area contributed by atoms with E-state index in [-0.39, 0.29) is 0 Å². The Labute approximate surface area is 148 Å². The zero-order chi connectivity index (χ0) is 17.3. The van der Waals surface area contributed by atoms with Gasteiger partial charge in [0.15, 0.2) is 5.84 Å². The average Bonchev–Trinajstić information content (AvgIpc) is 2.69. The van der Waals surface area contributed by atoms with E-state index in [9.17, 15) is 0 Å². The number of benzene rings is 1. The van der Waals surface area contributed by atoms with Gasteiger partial charge in [0.25, 0.3) is 0 Å². The van der Waals surface area contributed by atoms with Gasteiger partial charge in [-0.05, 0) is 43.0 Å². The first-order chi connectivity index (χ1) is 12.3. The van der Waals surface area contributed by atoms with Gasteiger partial charge in [0.2, 0.25) is 0 Å². The molecule has 0 spiro atoms. The number of hydrogen-bond donors (Lipinski definition) is 1. The molecule has 0 bridgehead atoms. The van der Waals surface area contributed by atoms with Crippen LogP contribution in [0.3, 0.4) is 0 Å². The van der Waals surface area contributed by atoms with Crippen molar-refractivity contribution in [3.8, 4) is 0 Å². The summed E-state index contributed by atoms with van der Waals surface area (Å²) in [6.07, 6.45) is 9.41. The zero-order valence-corrected chi connectivity index (χ0v) is 14.3. The predicted octanol–water partition coefficient (Wildman–Crippen LogP) is 3.42. The molecule has 1 aromatic heterocycles. The van der Waals surface area contributed by atoms with Crippen molar-refractivity contribution < 1.29 is 4.84 Å². The van der Waals surface area contributed by atoms with Crippen molar-refractivity contribution in [1.82, 2.24) is 4.98 Å². The molecule has 5 nitrogen and oxygen atoms in total. The fourth-order valence-electron chi connectivity index (χ4n) is 2.82. The summed E-state index contributed by atoms with van der Waals surface area (Å²) in [5.74, 6) is 1.33. The topological polar surface area (TPSA) is 63.7 Å². The number of aromatic nitrogens is 1. The summed E-state index contributed by atoms with van der Waals surface area (Å²) in [6, 6.07) is 13.9. The number of piperidine rings is 1. The maximum absolute atomic E-state index is 6.04. The van der Waals surface area contributed by atoms with Crippen molar-refractivity contribution >= 4 is 17.7 Å². The molecular weight excluding hydrogens is 312 g/mol. The molecule has 0 radical (unpaired) electrons. The van der Waals surface area contributed by atoms with Gasteiger partial charge in [0.05, 0.1) is 0 Å². The van der Waals surface area contributed by atoms with E-state index < -0.39 is 0 Å². The maximum Gasteiger partial charge on any atom is 0.170 e. The van der Waals surface area contributed by atoms with E-state index in [1.54, 1.807) is 6.20 Å². The van der Waals surface area contributed by atoms with Crippen LogP contribution in [0.2, 0.25) is 0 Å². The van der Waals surface area contributed by atoms with Crippen LogP contribution in [0.5, 0.6) is 0 Å². The van der Waals surface area contributed by atoms with Crippen molar-refractivity contribution in [3.63, 3.8) is 0 Å². The Hall–Kier alpha value is -2.82. The lowest BCUT2D eigenvalue weighted by atomic mass is 10.1. The van der Waals surface area contributed by atoms with E-state index in [0.717, 1.165) is 30.0 Å². The molecule has 1 aromatic carbocycles. The summed E-state index contributed by atoms with van der Waals surface area (Å²) in [5, 5.41) is 4.01. The summed E-state index contributed by atoms with van der Waals surface area (Å²) in [5.41, 5.74) is 8.01. The number of amidine groups is 1. The van der Waals surface area contributed by atoms with E-state index in [4.69, 9.17) is 10.6 Å². The van der Waals surface area contributed by atoms with E-state index in [2.05, 4.69) is 15.0 Å². The monoisotopic (exact) mass is 336 g/mol. The van der Waals surface area contributed by atoms with Crippen LogP contribution >= 0.6 is 0 Å². The first-order valence-corrected chi connectivity index (χ1v) is 8.71. The smallest absolute Gasteiger partial charge is 0.170 e. The summed E-state index contributed by atoms with van der Waals surface area (Å²) in [7, 11) is 0. The summed E-state index contributed by atoms with van der Waals surface area (Å²) >= 11 is 0. The molecule has 1 fully saturated rings. The highest BCUT2D eigenvalue weighted by Crippen LogP contribution is 2.18. The van der Waals surface area contributed by atoms with E-state index in [0.29, 0.717) is 12.4 Å². The third-order valence-electron chi connectivity index (χ3n) is 4.16. The van der Waals surface area contributed by atoms with Crippen molar-refractivity contribution in [1.29, 1.82) is 0 Å². The minimum absolute atomic E-state index is 0.369. The molecule has 0 unspecified atom stereocenters. The minimum atomic E-state index is 0.369. The Bertz CT molecular complexity index is 721. The SMILES string of the molecule is NC(=NOCC=Cc1ccccc1)c1ccnc(N2CCCCC2)c1. The minimum Gasteiger partial charge on any atom is -0.390 e. The Morgan fingerprint density at radius 3 is 2.76 bits per heavy atom. The van der Waals surface area contributed by atoms with Gasteiger partial charge in [0, 0.05) is 24.8 Å². The lowest BCUT2D eigenvalue weighted by molar-refractivity contribution is 0.175.